The van der Waals surface area contributed by atoms with Crippen LogP contribution in [0, 0.1) is 5.82 Å². The number of nitrogen functional groups attached to an aromatic ring is 1. The summed E-state index contributed by atoms with van der Waals surface area (Å²) in [4.78, 5) is 0. The first-order valence-electron chi connectivity index (χ1n) is 4.61. The van der Waals surface area contributed by atoms with E-state index in [1.54, 1.807) is 7.05 Å². The van der Waals surface area contributed by atoms with Crippen LogP contribution in [0.25, 0.3) is 0 Å². The fraction of sp³-hybridized carbons (Fsp3) is 0.400. The molecule has 0 aromatic heterocycles. The van der Waals surface area contributed by atoms with Gasteiger partial charge in [0.2, 0.25) is 0 Å². The lowest BCUT2D eigenvalue weighted by molar-refractivity contribution is 0.0201. The van der Waals surface area contributed by atoms with Crippen molar-refractivity contribution in [3.63, 3.8) is 0 Å². The number of rotatable bonds is 4. The van der Waals surface area contributed by atoms with Crippen molar-refractivity contribution in [2.45, 2.75) is 12.2 Å². The van der Waals surface area contributed by atoms with Gasteiger partial charge in [0.15, 0.2) is 0 Å². The molecule has 0 fully saturated rings. The van der Waals surface area contributed by atoms with Crippen molar-refractivity contribution in [1.82, 2.24) is 5.32 Å². The number of likely N-dealkylation sites (N-methyl/N-ethyl adjacent to an activating group) is 1. The second kappa shape index (κ2) is 5.06. The van der Waals surface area contributed by atoms with Gasteiger partial charge < -0.3 is 21.3 Å². The van der Waals surface area contributed by atoms with E-state index in [1.165, 1.54) is 6.07 Å². The molecular weight excluding hydrogens is 199 g/mol. The second-order valence-corrected chi connectivity index (χ2v) is 3.39. The van der Waals surface area contributed by atoms with Crippen LogP contribution < -0.4 is 11.1 Å². The fourth-order valence-electron chi connectivity index (χ4n) is 1.35. The van der Waals surface area contributed by atoms with Gasteiger partial charge in [0.05, 0.1) is 6.10 Å². The summed E-state index contributed by atoms with van der Waals surface area (Å²) in [6.07, 6.45) is -2.13. The van der Waals surface area contributed by atoms with E-state index >= 15 is 0 Å². The Labute approximate surface area is 87.5 Å². The smallest absolute Gasteiger partial charge is 0.125 e. The van der Waals surface area contributed by atoms with E-state index in [0.29, 0.717) is 0 Å². The highest BCUT2D eigenvalue weighted by Gasteiger charge is 2.18. The maximum Gasteiger partial charge on any atom is 0.125 e. The summed E-state index contributed by atoms with van der Waals surface area (Å²) >= 11 is 0. The van der Waals surface area contributed by atoms with Gasteiger partial charge in [-0.15, -0.1) is 0 Å². The molecule has 0 saturated carbocycles. The van der Waals surface area contributed by atoms with E-state index in [2.05, 4.69) is 5.32 Å². The van der Waals surface area contributed by atoms with E-state index in [0.717, 1.165) is 12.1 Å². The van der Waals surface area contributed by atoms with E-state index in [-0.39, 0.29) is 17.8 Å². The molecule has 5 heteroatoms. The predicted octanol–water partition coefficient (Wildman–Crippen LogP) is 0.0216. The molecule has 4 nitrogen and oxygen atoms in total. The highest BCUT2D eigenvalue weighted by Crippen LogP contribution is 2.20. The summed E-state index contributed by atoms with van der Waals surface area (Å²) < 4.78 is 12.9. The largest absolute Gasteiger partial charge is 0.399 e. The van der Waals surface area contributed by atoms with Crippen LogP contribution in [0.15, 0.2) is 18.2 Å². The third-order valence-corrected chi connectivity index (χ3v) is 2.06. The minimum atomic E-state index is -1.14. The first-order chi connectivity index (χ1) is 7.04. The molecule has 1 aromatic carbocycles. The third-order valence-electron chi connectivity index (χ3n) is 2.06. The zero-order chi connectivity index (χ0) is 11.4. The van der Waals surface area contributed by atoms with E-state index in [1.807, 2.05) is 0 Å². The minimum Gasteiger partial charge on any atom is -0.399 e. The number of nitrogens with two attached hydrogens (primary N) is 1. The fourth-order valence-corrected chi connectivity index (χ4v) is 1.35. The molecule has 84 valence electrons. The topological polar surface area (TPSA) is 78.5 Å². The van der Waals surface area contributed by atoms with Crippen LogP contribution in [-0.4, -0.2) is 29.9 Å². The lowest BCUT2D eigenvalue weighted by Crippen LogP contribution is -2.29. The number of anilines is 1. The Morgan fingerprint density at radius 1 is 1.40 bits per heavy atom. The van der Waals surface area contributed by atoms with Gasteiger partial charge in [-0.2, -0.15) is 0 Å². The van der Waals surface area contributed by atoms with Crippen LogP contribution in [-0.2, 0) is 0 Å². The zero-order valence-corrected chi connectivity index (χ0v) is 8.44. The number of halogens is 1. The number of aliphatic hydroxyl groups excluding tert-OH is 2. The Hall–Kier alpha value is -1.17. The number of nitrogens with one attached hydrogen (secondary N) is 1. The molecule has 0 aliphatic heterocycles. The average Bonchev–Trinajstić information content (AvgIpc) is 2.15. The van der Waals surface area contributed by atoms with E-state index in [4.69, 9.17) is 5.73 Å². The van der Waals surface area contributed by atoms with Crippen molar-refractivity contribution in [2.75, 3.05) is 19.3 Å². The molecule has 2 unspecified atom stereocenters. The van der Waals surface area contributed by atoms with Crippen LogP contribution in [0.1, 0.15) is 11.7 Å². The zero-order valence-electron chi connectivity index (χ0n) is 8.44. The lowest BCUT2D eigenvalue weighted by atomic mass is 10.0. The molecule has 0 aliphatic rings. The normalized spacial score (nSPS) is 14.9. The number of aliphatic hydroxyl groups is 2. The van der Waals surface area contributed by atoms with Gasteiger partial charge in [0.1, 0.15) is 11.9 Å². The molecule has 0 heterocycles. The highest BCUT2D eigenvalue weighted by molar-refractivity contribution is 5.42. The van der Waals surface area contributed by atoms with Crippen molar-refractivity contribution in [2.24, 2.45) is 0 Å². The molecule has 0 saturated heterocycles. The van der Waals surface area contributed by atoms with Crippen LogP contribution >= 0.6 is 0 Å². The summed E-state index contributed by atoms with van der Waals surface area (Å²) in [5.41, 5.74) is 5.92. The summed E-state index contributed by atoms with van der Waals surface area (Å²) in [6.45, 7) is 0.220. The van der Waals surface area contributed by atoms with Crippen molar-refractivity contribution in [3.8, 4) is 0 Å². The summed E-state index contributed by atoms with van der Waals surface area (Å²) in [6, 6.07) is 3.74. The SMILES string of the molecule is CNCC(O)C(O)c1cc(N)cc(F)c1. The maximum atomic E-state index is 12.9. The Morgan fingerprint density at radius 2 is 2.07 bits per heavy atom. The average molecular weight is 214 g/mol. The lowest BCUT2D eigenvalue weighted by Gasteiger charge is -2.18. The number of hydrogen-bond acceptors (Lipinski definition) is 4. The van der Waals surface area contributed by atoms with E-state index < -0.39 is 18.0 Å². The Kier molecular flexibility index (Phi) is 4.02. The molecule has 5 N–H and O–H groups in total. The van der Waals surface area contributed by atoms with Gasteiger partial charge in [-0.25, -0.2) is 4.39 Å². The van der Waals surface area contributed by atoms with Crippen LogP contribution in [0.2, 0.25) is 0 Å². The van der Waals surface area contributed by atoms with Gasteiger partial charge in [0, 0.05) is 12.2 Å². The molecule has 2 atom stereocenters. The van der Waals surface area contributed by atoms with Gasteiger partial charge in [0.25, 0.3) is 0 Å². The summed E-state index contributed by atoms with van der Waals surface area (Å²) in [5, 5.41) is 21.8. The maximum absolute atomic E-state index is 12.9. The molecule has 15 heavy (non-hydrogen) atoms. The molecule has 0 spiro atoms. The molecule has 1 aromatic rings. The monoisotopic (exact) mass is 214 g/mol. The summed E-state index contributed by atoms with van der Waals surface area (Å²) in [7, 11) is 1.65. The predicted molar refractivity (Wildman–Crippen MR) is 55.7 cm³/mol. The molecular formula is C10H15FN2O2. The number of benzene rings is 1. The molecule has 0 amide bonds. The highest BCUT2D eigenvalue weighted by atomic mass is 19.1. The third kappa shape index (κ3) is 3.16. The van der Waals surface area contributed by atoms with Crippen LogP contribution in [0.5, 0.6) is 0 Å². The van der Waals surface area contributed by atoms with Crippen molar-refractivity contribution < 1.29 is 14.6 Å². The van der Waals surface area contributed by atoms with Crippen LogP contribution in [0.3, 0.4) is 0 Å². The van der Waals surface area contributed by atoms with Crippen molar-refractivity contribution in [1.29, 1.82) is 0 Å². The van der Waals surface area contributed by atoms with Crippen molar-refractivity contribution in [3.05, 3.63) is 29.6 Å². The van der Waals surface area contributed by atoms with Gasteiger partial charge in [-0.1, -0.05) is 0 Å². The molecule has 0 aliphatic carbocycles. The first-order valence-corrected chi connectivity index (χ1v) is 4.61. The van der Waals surface area contributed by atoms with Gasteiger partial charge in [-0.05, 0) is 30.8 Å². The Balaban J connectivity index is 2.85. The van der Waals surface area contributed by atoms with Gasteiger partial charge in [-0.3, -0.25) is 0 Å². The molecule has 1 rings (SSSR count). The summed E-state index contributed by atoms with van der Waals surface area (Å²) in [5.74, 6) is -0.527. The van der Waals surface area contributed by atoms with Crippen LogP contribution in [0.4, 0.5) is 10.1 Å². The van der Waals surface area contributed by atoms with Gasteiger partial charge >= 0.3 is 0 Å². The Morgan fingerprint density at radius 3 is 2.60 bits per heavy atom. The quantitative estimate of drug-likeness (QED) is 0.533. The number of hydrogen-bond donors (Lipinski definition) is 4. The molecule has 0 radical (unpaired) electrons. The minimum absolute atomic E-state index is 0.220. The van der Waals surface area contributed by atoms with E-state index in [9.17, 15) is 14.6 Å². The second-order valence-electron chi connectivity index (χ2n) is 3.39. The first kappa shape index (κ1) is 11.9. The standard InChI is InChI=1S/C10H15FN2O2/c1-13-5-9(14)10(15)6-2-7(11)4-8(12)3-6/h2-4,9-10,13-15H,5,12H2,1H3. The van der Waals surface area contributed by atoms with Crippen molar-refractivity contribution >= 4 is 5.69 Å². The Bertz CT molecular complexity index is 313. The molecule has 0 bridgehead atoms.